The Bertz CT molecular complexity index is 153. The van der Waals surface area contributed by atoms with E-state index in [0.717, 1.165) is 32.2 Å². The number of unbranched alkanes of at least 4 members (excludes halogenated alkanes) is 2. The number of rotatable bonds is 7. The summed E-state index contributed by atoms with van der Waals surface area (Å²) < 4.78 is 1.93. The number of ketones is 1. The number of nitrogens with two attached hydrogens (primary N) is 1. The Morgan fingerprint density at radius 2 is 2.00 bits per heavy atom. The van der Waals surface area contributed by atoms with Crippen LogP contribution >= 0.6 is 45.7 Å². The molecule has 0 amide bonds. The Morgan fingerprint density at radius 3 is 2.38 bits per heavy atom. The van der Waals surface area contributed by atoms with Crippen LogP contribution in [0.4, 0.5) is 0 Å². The minimum atomic E-state index is 0.0685. The van der Waals surface area contributed by atoms with Crippen molar-refractivity contribution >= 4 is 51.5 Å². The van der Waals surface area contributed by atoms with Gasteiger partial charge in [-0.15, -0.1) is 0 Å². The number of hydrogen-bond acceptors (Lipinski definition) is 3. The number of Topliss-reactive ketones (excluding diaryl/α,β-unsaturated/α-hetero) is 1. The average Bonchev–Trinajstić information content (AvgIpc) is 2.02. The molecular weight excluding hydrogens is 394 g/mol. The van der Waals surface area contributed by atoms with Crippen molar-refractivity contribution in [2.45, 2.75) is 38.6 Å². The van der Waals surface area contributed by atoms with E-state index < -0.39 is 0 Å². The van der Waals surface area contributed by atoms with Crippen LogP contribution in [-0.2, 0) is 4.79 Å². The Balaban J connectivity index is 3.64. The minimum Gasteiger partial charge on any atom is -0.330 e. The van der Waals surface area contributed by atoms with E-state index in [2.05, 4.69) is 45.7 Å². The van der Waals surface area contributed by atoms with Gasteiger partial charge in [0.05, 0.1) is 6.04 Å². The highest BCUT2D eigenvalue weighted by Gasteiger charge is 2.17. The summed E-state index contributed by atoms with van der Waals surface area (Å²) in [5, 5.41) is 0. The van der Waals surface area contributed by atoms with Crippen LogP contribution in [0.15, 0.2) is 0 Å². The highest BCUT2D eigenvalue weighted by Crippen LogP contribution is 2.19. The molecule has 1 atom stereocenters. The number of halogens is 2. The molecular formula is C8H16I2N2O. The van der Waals surface area contributed by atoms with Crippen LogP contribution < -0.4 is 5.73 Å². The second kappa shape index (κ2) is 8.37. The third-order valence-corrected chi connectivity index (χ3v) is 3.23. The molecule has 0 aromatic carbocycles. The van der Waals surface area contributed by atoms with Crippen LogP contribution in [0, 0.1) is 0 Å². The lowest BCUT2D eigenvalue weighted by Gasteiger charge is -2.17. The van der Waals surface area contributed by atoms with E-state index in [1.54, 1.807) is 6.92 Å². The van der Waals surface area contributed by atoms with Gasteiger partial charge in [0.15, 0.2) is 0 Å². The number of carbonyl (C=O) groups excluding carboxylic acids is 1. The lowest BCUT2D eigenvalue weighted by atomic mass is 10.1. The summed E-state index contributed by atoms with van der Waals surface area (Å²) in [6, 6.07) is 0.0685. The molecule has 78 valence electrons. The normalized spacial score (nSPS) is 13.3. The molecule has 1 unspecified atom stereocenters. The fourth-order valence-corrected chi connectivity index (χ4v) is 2.44. The second-order valence-corrected chi connectivity index (χ2v) is 6.95. The van der Waals surface area contributed by atoms with Crippen molar-refractivity contribution < 1.29 is 4.79 Å². The molecule has 0 aromatic heterocycles. The van der Waals surface area contributed by atoms with E-state index in [1.165, 1.54) is 0 Å². The van der Waals surface area contributed by atoms with Crippen LogP contribution in [-0.4, -0.2) is 19.7 Å². The zero-order valence-corrected chi connectivity index (χ0v) is 12.1. The topological polar surface area (TPSA) is 46.3 Å². The zero-order valence-electron chi connectivity index (χ0n) is 7.80. The Morgan fingerprint density at radius 1 is 1.38 bits per heavy atom. The third kappa shape index (κ3) is 7.03. The van der Waals surface area contributed by atoms with Crippen LogP contribution in [0.2, 0.25) is 0 Å². The maximum atomic E-state index is 11.2. The van der Waals surface area contributed by atoms with E-state index >= 15 is 0 Å². The molecule has 0 bridgehead atoms. The van der Waals surface area contributed by atoms with Crippen molar-refractivity contribution in [2.75, 3.05) is 6.54 Å². The van der Waals surface area contributed by atoms with Gasteiger partial charge in [-0.3, -0.25) is 4.79 Å². The first kappa shape index (κ1) is 14.1. The highest BCUT2D eigenvalue weighted by atomic mass is 127. The van der Waals surface area contributed by atoms with Crippen LogP contribution in [0.25, 0.3) is 0 Å². The summed E-state index contributed by atoms with van der Waals surface area (Å²) in [7, 11) is 0. The maximum absolute atomic E-state index is 11.2. The van der Waals surface area contributed by atoms with Gasteiger partial charge < -0.3 is 5.73 Å². The molecule has 0 radical (unpaired) electrons. The van der Waals surface area contributed by atoms with Crippen molar-refractivity contribution in [3.05, 3.63) is 0 Å². The predicted octanol–water partition coefficient (Wildman–Crippen LogP) is 2.47. The lowest BCUT2D eigenvalue weighted by Crippen LogP contribution is -2.26. The van der Waals surface area contributed by atoms with Crippen molar-refractivity contribution in [1.82, 2.24) is 1.33 Å². The van der Waals surface area contributed by atoms with Crippen LogP contribution in [0.5, 0.6) is 0 Å². The summed E-state index contributed by atoms with van der Waals surface area (Å²) in [5.74, 6) is 0.247. The van der Waals surface area contributed by atoms with Gasteiger partial charge in [-0.05, 0) is 26.3 Å². The Hall–Kier alpha value is 1.05. The minimum absolute atomic E-state index is 0.0685. The molecule has 13 heavy (non-hydrogen) atoms. The summed E-state index contributed by atoms with van der Waals surface area (Å²) >= 11 is 4.31. The first-order valence-electron chi connectivity index (χ1n) is 4.41. The second-order valence-electron chi connectivity index (χ2n) is 3.02. The highest BCUT2D eigenvalue weighted by molar-refractivity contribution is 14.2. The summed E-state index contributed by atoms with van der Waals surface area (Å²) in [5.41, 5.74) is 5.38. The van der Waals surface area contributed by atoms with E-state index in [4.69, 9.17) is 5.73 Å². The fourth-order valence-electron chi connectivity index (χ4n) is 1.10. The quantitative estimate of drug-likeness (QED) is 0.399. The Kier molecular flexibility index (Phi) is 9.04. The molecule has 3 nitrogen and oxygen atoms in total. The molecule has 0 aromatic rings. The molecule has 0 fully saturated rings. The molecule has 5 heteroatoms. The summed E-state index contributed by atoms with van der Waals surface area (Å²) in [4.78, 5) is 11.2. The molecule has 0 spiro atoms. The van der Waals surface area contributed by atoms with Gasteiger partial charge in [0.2, 0.25) is 0 Å². The largest absolute Gasteiger partial charge is 0.330 e. The van der Waals surface area contributed by atoms with Crippen molar-refractivity contribution in [2.24, 2.45) is 5.73 Å². The SMILES string of the molecule is CC(=O)C(CCCCCN)N(I)I. The number of hydrogen-bond donors (Lipinski definition) is 1. The van der Waals surface area contributed by atoms with Crippen molar-refractivity contribution in [3.63, 3.8) is 0 Å². The van der Waals surface area contributed by atoms with Gasteiger partial charge in [0.1, 0.15) is 5.78 Å². The van der Waals surface area contributed by atoms with Crippen molar-refractivity contribution in [3.8, 4) is 0 Å². The fraction of sp³-hybridized carbons (Fsp3) is 0.875. The van der Waals surface area contributed by atoms with Gasteiger partial charge in [-0.2, -0.15) is 1.33 Å². The third-order valence-electron chi connectivity index (χ3n) is 1.89. The molecule has 2 N–H and O–H groups in total. The average molecular weight is 410 g/mol. The predicted molar refractivity (Wildman–Crippen MR) is 71.9 cm³/mol. The molecule has 0 rings (SSSR count). The number of carbonyl (C=O) groups is 1. The summed E-state index contributed by atoms with van der Waals surface area (Å²) in [6.45, 7) is 2.40. The van der Waals surface area contributed by atoms with Crippen LogP contribution in [0.1, 0.15) is 32.6 Å². The van der Waals surface area contributed by atoms with E-state index in [9.17, 15) is 4.79 Å². The molecule has 0 aliphatic heterocycles. The molecule has 0 heterocycles. The summed E-state index contributed by atoms with van der Waals surface area (Å²) in [6.07, 6.45) is 4.22. The molecule has 0 aliphatic rings. The standard InChI is InChI=1S/C8H16I2N2O/c1-7(13)8(12(9)10)5-3-2-4-6-11/h8H,2-6,11H2,1H3. The van der Waals surface area contributed by atoms with E-state index in [0.29, 0.717) is 0 Å². The van der Waals surface area contributed by atoms with Gasteiger partial charge in [0.25, 0.3) is 0 Å². The zero-order chi connectivity index (χ0) is 10.3. The van der Waals surface area contributed by atoms with Gasteiger partial charge >= 0.3 is 0 Å². The molecule has 0 saturated carbocycles. The van der Waals surface area contributed by atoms with Crippen molar-refractivity contribution in [1.29, 1.82) is 0 Å². The Labute approximate surface area is 108 Å². The van der Waals surface area contributed by atoms with Gasteiger partial charge in [-0.1, -0.05) is 12.8 Å². The monoisotopic (exact) mass is 410 g/mol. The van der Waals surface area contributed by atoms with Gasteiger partial charge in [-0.25, -0.2) is 0 Å². The first-order chi connectivity index (χ1) is 6.09. The van der Waals surface area contributed by atoms with E-state index in [1.807, 2.05) is 1.33 Å². The molecule has 0 saturated heterocycles. The van der Waals surface area contributed by atoms with Crippen LogP contribution in [0.3, 0.4) is 0 Å². The molecule has 0 aliphatic carbocycles. The maximum Gasteiger partial charge on any atom is 0.148 e. The lowest BCUT2D eigenvalue weighted by molar-refractivity contribution is -0.119. The number of nitrogens with zero attached hydrogens (tertiary/aromatic N) is 1. The first-order valence-corrected chi connectivity index (χ1v) is 6.34. The van der Waals surface area contributed by atoms with E-state index in [-0.39, 0.29) is 11.8 Å². The smallest absolute Gasteiger partial charge is 0.148 e. The van der Waals surface area contributed by atoms with Gasteiger partial charge in [0, 0.05) is 45.7 Å².